The molecule has 1 aromatic carbocycles. The van der Waals surface area contributed by atoms with Crippen LogP contribution in [0.5, 0.6) is 0 Å². The Morgan fingerprint density at radius 2 is 1.62 bits per heavy atom. The predicted molar refractivity (Wildman–Crippen MR) is 61.2 cm³/mol. The number of likely N-dealkylation sites (N-methyl/N-ethyl adjacent to an activating group) is 1. The second-order valence-corrected chi connectivity index (χ2v) is 4.38. The molecule has 2 rings (SSSR count). The van der Waals surface area contributed by atoms with Gasteiger partial charge in [-0.25, -0.2) is 9.69 Å². The van der Waals surface area contributed by atoms with E-state index in [9.17, 15) is 9.59 Å². The van der Waals surface area contributed by atoms with Gasteiger partial charge in [-0.1, -0.05) is 18.2 Å². The van der Waals surface area contributed by atoms with Gasteiger partial charge < -0.3 is 4.90 Å². The van der Waals surface area contributed by atoms with Crippen LogP contribution in [0.3, 0.4) is 0 Å². The topological polar surface area (TPSA) is 40.6 Å². The van der Waals surface area contributed by atoms with Crippen LogP contribution in [0.25, 0.3) is 0 Å². The number of amides is 3. The minimum Gasteiger partial charge on any atom is -0.313 e. The van der Waals surface area contributed by atoms with Gasteiger partial charge in [0.2, 0.25) is 0 Å². The third-order valence-electron chi connectivity index (χ3n) is 3.06. The van der Waals surface area contributed by atoms with E-state index >= 15 is 0 Å². The Morgan fingerprint density at radius 1 is 1.06 bits per heavy atom. The standard InChI is InChI=1S/C12H14N2O2/c1-12(2)10(15)14(11(16)13(12)3)9-7-5-4-6-8-9/h4-8H,1-3H3. The van der Waals surface area contributed by atoms with Crippen LogP contribution >= 0.6 is 0 Å². The van der Waals surface area contributed by atoms with Crippen LogP contribution in [0.2, 0.25) is 0 Å². The van der Waals surface area contributed by atoms with Crippen LogP contribution in [0.15, 0.2) is 30.3 Å². The van der Waals surface area contributed by atoms with Crippen molar-refractivity contribution in [1.29, 1.82) is 0 Å². The first-order valence-corrected chi connectivity index (χ1v) is 5.13. The number of carbonyl (C=O) groups is 2. The van der Waals surface area contributed by atoms with E-state index < -0.39 is 5.54 Å². The van der Waals surface area contributed by atoms with Gasteiger partial charge in [0.25, 0.3) is 5.91 Å². The molecule has 0 aliphatic carbocycles. The summed E-state index contributed by atoms with van der Waals surface area (Å²) in [5.41, 5.74) is -0.151. The van der Waals surface area contributed by atoms with E-state index in [1.54, 1.807) is 45.2 Å². The SMILES string of the molecule is CN1C(=O)N(c2ccccc2)C(=O)C1(C)C. The number of imide groups is 1. The Hall–Kier alpha value is -1.84. The maximum Gasteiger partial charge on any atom is 0.332 e. The number of anilines is 1. The quantitative estimate of drug-likeness (QED) is 0.675. The predicted octanol–water partition coefficient (Wildman–Crippen LogP) is 1.86. The smallest absolute Gasteiger partial charge is 0.313 e. The van der Waals surface area contributed by atoms with E-state index in [2.05, 4.69) is 0 Å². The van der Waals surface area contributed by atoms with Gasteiger partial charge in [0, 0.05) is 7.05 Å². The van der Waals surface area contributed by atoms with Crippen molar-refractivity contribution in [2.75, 3.05) is 11.9 Å². The molecule has 0 bridgehead atoms. The van der Waals surface area contributed by atoms with Crippen molar-refractivity contribution in [3.8, 4) is 0 Å². The second-order valence-electron chi connectivity index (χ2n) is 4.38. The lowest BCUT2D eigenvalue weighted by Crippen LogP contribution is -2.41. The van der Waals surface area contributed by atoms with Crippen molar-refractivity contribution < 1.29 is 9.59 Å². The highest BCUT2D eigenvalue weighted by Gasteiger charge is 2.49. The molecule has 1 heterocycles. The number of hydrogen-bond donors (Lipinski definition) is 0. The Labute approximate surface area is 94.5 Å². The van der Waals surface area contributed by atoms with Gasteiger partial charge in [0.1, 0.15) is 5.54 Å². The van der Waals surface area contributed by atoms with Crippen LogP contribution in [0.1, 0.15) is 13.8 Å². The molecule has 1 aliphatic heterocycles. The molecule has 0 saturated carbocycles. The van der Waals surface area contributed by atoms with Crippen molar-refractivity contribution in [3.05, 3.63) is 30.3 Å². The van der Waals surface area contributed by atoms with E-state index in [0.29, 0.717) is 5.69 Å². The van der Waals surface area contributed by atoms with Crippen molar-refractivity contribution in [2.24, 2.45) is 0 Å². The number of rotatable bonds is 1. The van der Waals surface area contributed by atoms with Gasteiger partial charge in [-0.05, 0) is 26.0 Å². The van der Waals surface area contributed by atoms with E-state index in [1.165, 1.54) is 9.80 Å². The average Bonchev–Trinajstić information content (AvgIpc) is 2.42. The van der Waals surface area contributed by atoms with Crippen LogP contribution < -0.4 is 4.90 Å². The largest absolute Gasteiger partial charge is 0.332 e. The minimum atomic E-state index is -0.771. The number of nitrogens with zero attached hydrogens (tertiary/aromatic N) is 2. The minimum absolute atomic E-state index is 0.189. The van der Waals surface area contributed by atoms with E-state index in [1.807, 2.05) is 6.07 Å². The van der Waals surface area contributed by atoms with Crippen LogP contribution in [0.4, 0.5) is 10.5 Å². The molecule has 0 spiro atoms. The summed E-state index contributed by atoms with van der Waals surface area (Å²) >= 11 is 0. The molecule has 4 heteroatoms. The monoisotopic (exact) mass is 218 g/mol. The number of benzene rings is 1. The lowest BCUT2D eigenvalue weighted by Gasteiger charge is -2.22. The first kappa shape index (κ1) is 10.7. The maximum atomic E-state index is 12.1. The van der Waals surface area contributed by atoms with Gasteiger partial charge in [-0.15, -0.1) is 0 Å². The Morgan fingerprint density at radius 3 is 2.06 bits per heavy atom. The normalized spacial score (nSPS) is 19.4. The lowest BCUT2D eigenvalue weighted by atomic mass is 10.1. The Kier molecular flexibility index (Phi) is 2.22. The molecule has 1 aliphatic rings. The molecule has 4 nitrogen and oxygen atoms in total. The Bertz CT molecular complexity index is 440. The number of urea groups is 1. The average molecular weight is 218 g/mol. The summed E-state index contributed by atoms with van der Waals surface area (Å²) in [5, 5.41) is 0. The molecular weight excluding hydrogens is 204 g/mol. The zero-order valence-corrected chi connectivity index (χ0v) is 9.60. The van der Waals surface area contributed by atoms with Crippen LogP contribution in [0, 0.1) is 0 Å². The summed E-state index contributed by atoms with van der Waals surface area (Å²) < 4.78 is 0. The molecule has 1 fully saturated rings. The number of para-hydroxylation sites is 1. The lowest BCUT2D eigenvalue weighted by molar-refractivity contribution is -0.123. The Balaban J connectivity index is 2.45. The molecule has 3 amide bonds. The highest BCUT2D eigenvalue weighted by atomic mass is 16.2. The highest BCUT2D eigenvalue weighted by Crippen LogP contribution is 2.30. The summed E-state index contributed by atoms with van der Waals surface area (Å²) in [6, 6.07) is 8.70. The molecule has 84 valence electrons. The molecule has 1 aromatic rings. The molecule has 1 saturated heterocycles. The number of hydrogen-bond acceptors (Lipinski definition) is 2. The second kappa shape index (κ2) is 3.33. The molecule has 0 aromatic heterocycles. The zero-order valence-electron chi connectivity index (χ0n) is 9.60. The van der Waals surface area contributed by atoms with Crippen molar-refractivity contribution in [1.82, 2.24) is 4.90 Å². The fourth-order valence-electron chi connectivity index (χ4n) is 1.70. The molecular formula is C12H14N2O2. The summed E-state index contributed by atoms with van der Waals surface area (Å²) in [5.74, 6) is -0.189. The van der Waals surface area contributed by atoms with Gasteiger partial charge in [-0.3, -0.25) is 4.79 Å². The summed E-state index contributed by atoms with van der Waals surface area (Å²) in [4.78, 5) is 26.8. The molecule has 0 atom stereocenters. The van der Waals surface area contributed by atoms with Crippen LogP contribution in [-0.2, 0) is 4.79 Å². The van der Waals surface area contributed by atoms with Crippen molar-refractivity contribution in [2.45, 2.75) is 19.4 Å². The van der Waals surface area contributed by atoms with Crippen LogP contribution in [-0.4, -0.2) is 29.4 Å². The summed E-state index contributed by atoms with van der Waals surface area (Å²) in [7, 11) is 1.64. The van der Waals surface area contributed by atoms with Gasteiger partial charge in [0.05, 0.1) is 5.69 Å². The van der Waals surface area contributed by atoms with Gasteiger partial charge >= 0.3 is 6.03 Å². The van der Waals surface area contributed by atoms with E-state index in [0.717, 1.165) is 0 Å². The number of carbonyl (C=O) groups excluding carboxylic acids is 2. The third-order valence-corrected chi connectivity index (χ3v) is 3.06. The molecule has 0 N–H and O–H groups in total. The molecule has 0 unspecified atom stereocenters. The van der Waals surface area contributed by atoms with Gasteiger partial charge in [0.15, 0.2) is 0 Å². The summed E-state index contributed by atoms with van der Waals surface area (Å²) in [6.45, 7) is 3.49. The van der Waals surface area contributed by atoms with E-state index in [4.69, 9.17) is 0 Å². The van der Waals surface area contributed by atoms with Crippen molar-refractivity contribution in [3.63, 3.8) is 0 Å². The summed E-state index contributed by atoms with van der Waals surface area (Å²) in [6.07, 6.45) is 0. The first-order chi connectivity index (χ1) is 7.46. The fourth-order valence-corrected chi connectivity index (χ4v) is 1.70. The van der Waals surface area contributed by atoms with Crippen molar-refractivity contribution >= 4 is 17.6 Å². The highest BCUT2D eigenvalue weighted by molar-refractivity contribution is 6.22. The molecule has 0 radical (unpaired) electrons. The first-order valence-electron chi connectivity index (χ1n) is 5.13. The maximum absolute atomic E-state index is 12.1. The van der Waals surface area contributed by atoms with E-state index in [-0.39, 0.29) is 11.9 Å². The third kappa shape index (κ3) is 1.30. The van der Waals surface area contributed by atoms with Gasteiger partial charge in [-0.2, -0.15) is 0 Å². The zero-order chi connectivity index (χ0) is 11.9. The molecule has 16 heavy (non-hydrogen) atoms. The fraction of sp³-hybridized carbons (Fsp3) is 0.333.